The van der Waals surface area contributed by atoms with Crippen molar-refractivity contribution in [2.24, 2.45) is 0 Å². The molecule has 4 atom stereocenters. The van der Waals surface area contributed by atoms with Crippen LogP contribution in [0, 0.1) is 0 Å². The third-order valence-corrected chi connectivity index (χ3v) is 3.90. The van der Waals surface area contributed by atoms with Crippen molar-refractivity contribution in [3.63, 3.8) is 0 Å². The number of ether oxygens (including phenoxy) is 4. The van der Waals surface area contributed by atoms with E-state index in [4.69, 9.17) is 24.2 Å². The number of methoxy groups -OCH3 is 3. The van der Waals surface area contributed by atoms with Crippen LogP contribution in [0.3, 0.4) is 0 Å². The van der Waals surface area contributed by atoms with Crippen LogP contribution in [0.5, 0.6) is 0 Å². The molecule has 10 heteroatoms. The Labute approximate surface area is 132 Å². The van der Waals surface area contributed by atoms with E-state index in [1.165, 1.54) is 6.33 Å². The van der Waals surface area contributed by atoms with Crippen LogP contribution >= 0.6 is 0 Å². The molecule has 1 aliphatic rings. The summed E-state index contributed by atoms with van der Waals surface area (Å²) in [6, 6.07) is 0. The molecule has 2 N–H and O–H groups in total. The lowest BCUT2D eigenvalue weighted by atomic mass is 10.1. The fourth-order valence-corrected chi connectivity index (χ4v) is 2.89. The lowest BCUT2D eigenvalue weighted by Crippen LogP contribution is -2.36. The van der Waals surface area contributed by atoms with Gasteiger partial charge in [-0.3, -0.25) is 15.3 Å². The second-order valence-electron chi connectivity index (χ2n) is 5.08. The molecule has 0 amide bonds. The van der Waals surface area contributed by atoms with Crippen LogP contribution in [0.15, 0.2) is 12.7 Å². The van der Waals surface area contributed by atoms with E-state index in [1.807, 2.05) is 5.48 Å². The molecule has 2 aromatic rings. The van der Waals surface area contributed by atoms with E-state index in [2.05, 4.69) is 15.0 Å². The molecule has 3 heterocycles. The van der Waals surface area contributed by atoms with E-state index in [0.717, 1.165) is 0 Å². The van der Waals surface area contributed by atoms with Crippen molar-refractivity contribution in [1.82, 2.24) is 19.5 Å². The molecule has 0 aromatic carbocycles. The Hall–Kier alpha value is -1.85. The summed E-state index contributed by atoms with van der Waals surface area (Å²) >= 11 is 0. The Morgan fingerprint density at radius 1 is 1.22 bits per heavy atom. The van der Waals surface area contributed by atoms with Gasteiger partial charge in [0.25, 0.3) is 0 Å². The van der Waals surface area contributed by atoms with Gasteiger partial charge in [-0.1, -0.05) is 0 Å². The van der Waals surface area contributed by atoms with Gasteiger partial charge in [-0.15, -0.1) is 0 Å². The van der Waals surface area contributed by atoms with Crippen LogP contribution in [-0.2, 0) is 18.9 Å². The van der Waals surface area contributed by atoms with Gasteiger partial charge in [0, 0.05) is 21.3 Å². The number of hydrogen-bond acceptors (Lipinski definition) is 9. The van der Waals surface area contributed by atoms with Crippen LogP contribution in [0.4, 0.5) is 5.82 Å². The lowest BCUT2D eigenvalue weighted by Gasteiger charge is -2.21. The minimum Gasteiger partial charge on any atom is -0.382 e. The summed E-state index contributed by atoms with van der Waals surface area (Å²) in [7, 11) is 4.80. The van der Waals surface area contributed by atoms with Gasteiger partial charge < -0.3 is 18.9 Å². The first-order valence-electron chi connectivity index (χ1n) is 7.02. The van der Waals surface area contributed by atoms with Gasteiger partial charge in [0.2, 0.25) is 0 Å². The van der Waals surface area contributed by atoms with Crippen LogP contribution < -0.4 is 5.48 Å². The van der Waals surface area contributed by atoms with E-state index in [-0.39, 0.29) is 24.1 Å². The van der Waals surface area contributed by atoms with Crippen molar-refractivity contribution >= 4 is 17.0 Å². The van der Waals surface area contributed by atoms with Gasteiger partial charge in [0.15, 0.2) is 23.2 Å². The smallest absolute Gasteiger partial charge is 0.181 e. The van der Waals surface area contributed by atoms with Gasteiger partial charge in [0.05, 0.1) is 12.9 Å². The third-order valence-electron chi connectivity index (χ3n) is 3.90. The molecule has 1 aliphatic heterocycles. The zero-order chi connectivity index (χ0) is 16.4. The van der Waals surface area contributed by atoms with Crippen LogP contribution in [0.2, 0.25) is 0 Å². The van der Waals surface area contributed by atoms with Crippen molar-refractivity contribution in [3.05, 3.63) is 12.7 Å². The number of rotatable bonds is 6. The predicted octanol–water partition coefficient (Wildman–Crippen LogP) is 0.201. The molecular formula is C13H19N5O5. The normalized spacial score (nSPS) is 27.7. The minimum atomic E-state index is -0.489. The largest absolute Gasteiger partial charge is 0.382 e. The zero-order valence-corrected chi connectivity index (χ0v) is 13.0. The Kier molecular flexibility index (Phi) is 4.68. The summed E-state index contributed by atoms with van der Waals surface area (Å²) in [5.74, 6) is 0.220. The van der Waals surface area contributed by atoms with Gasteiger partial charge in [0.1, 0.15) is 24.6 Å². The maximum atomic E-state index is 9.12. The molecule has 0 radical (unpaired) electrons. The van der Waals surface area contributed by atoms with Gasteiger partial charge in [-0.25, -0.2) is 15.0 Å². The average molecular weight is 325 g/mol. The highest BCUT2D eigenvalue weighted by atomic mass is 16.6. The number of aromatic nitrogens is 4. The second kappa shape index (κ2) is 6.72. The first-order valence-corrected chi connectivity index (χ1v) is 7.02. The Balaban J connectivity index is 2.00. The summed E-state index contributed by atoms with van der Waals surface area (Å²) in [5.41, 5.74) is 2.94. The lowest BCUT2D eigenvalue weighted by molar-refractivity contribution is -0.0636. The van der Waals surface area contributed by atoms with Gasteiger partial charge >= 0.3 is 0 Å². The summed E-state index contributed by atoms with van der Waals surface area (Å²) in [6.07, 6.45) is 1.47. The first kappa shape index (κ1) is 16.0. The maximum Gasteiger partial charge on any atom is 0.181 e. The molecule has 126 valence electrons. The molecule has 2 aromatic heterocycles. The standard InChI is InChI=1S/C13H19N5O5/c1-20-4-7-9(21-2)10(22-3)13(23-7)18-6-16-8-11(17-19)14-5-15-12(8)18/h5-7,9-10,13,19H,4H2,1-3H3,(H,14,15,17)/t7-,9-,10-,13-/m1/s1. The summed E-state index contributed by atoms with van der Waals surface area (Å²) in [6.45, 7) is 0.375. The Morgan fingerprint density at radius 2 is 2.00 bits per heavy atom. The van der Waals surface area contributed by atoms with Gasteiger partial charge in [-0.2, -0.15) is 0 Å². The van der Waals surface area contributed by atoms with E-state index >= 15 is 0 Å². The Bertz CT molecular complexity index is 665. The highest BCUT2D eigenvalue weighted by molar-refractivity contribution is 5.82. The molecule has 23 heavy (non-hydrogen) atoms. The molecular weight excluding hydrogens is 306 g/mol. The van der Waals surface area contributed by atoms with Crippen molar-refractivity contribution in [3.8, 4) is 0 Å². The molecule has 0 saturated carbocycles. The minimum absolute atomic E-state index is 0.220. The molecule has 3 rings (SSSR count). The molecule has 0 spiro atoms. The molecule has 0 aliphatic carbocycles. The fourth-order valence-electron chi connectivity index (χ4n) is 2.89. The van der Waals surface area contributed by atoms with Crippen molar-refractivity contribution < 1.29 is 24.2 Å². The Morgan fingerprint density at radius 3 is 2.65 bits per heavy atom. The SMILES string of the molecule is COC[C@H]1O[C@@H](n2cnc3c(NO)ncnc32)[C@H](OC)[C@@H]1OC. The summed E-state index contributed by atoms with van der Waals surface area (Å²) < 4.78 is 24.0. The van der Waals surface area contributed by atoms with E-state index in [1.54, 1.807) is 32.2 Å². The number of hydrogen-bond donors (Lipinski definition) is 2. The first-order chi connectivity index (χ1) is 11.2. The highest BCUT2D eigenvalue weighted by Crippen LogP contribution is 2.35. The van der Waals surface area contributed by atoms with Crippen LogP contribution in [0.1, 0.15) is 6.23 Å². The number of nitrogens with zero attached hydrogens (tertiary/aromatic N) is 4. The van der Waals surface area contributed by atoms with E-state index in [9.17, 15) is 0 Å². The van der Waals surface area contributed by atoms with Crippen LogP contribution in [-0.4, -0.2) is 71.0 Å². The molecule has 1 saturated heterocycles. The molecule has 1 fully saturated rings. The molecule has 10 nitrogen and oxygen atoms in total. The summed E-state index contributed by atoms with van der Waals surface area (Å²) in [4.78, 5) is 12.4. The average Bonchev–Trinajstić information content (AvgIpc) is 3.15. The quantitative estimate of drug-likeness (QED) is 0.719. The van der Waals surface area contributed by atoms with E-state index in [0.29, 0.717) is 17.8 Å². The fraction of sp³-hybridized carbons (Fsp3) is 0.615. The monoisotopic (exact) mass is 325 g/mol. The van der Waals surface area contributed by atoms with Crippen LogP contribution in [0.25, 0.3) is 11.2 Å². The topological polar surface area (TPSA) is 113 Å². The maximum absolute atomic E-state index is 9.12. The van der Waals surface area contributed by atoms with Crippen molar-refractivity contribution in [2.45, 2.75) is 24.5 Å². The zero-order valence-electron chi connectivity index (χ0n) is 13.0. The van der Waals surface area contributed by atoms with Gasteiger partial charge in [-0.05, 0) is 0 Å². The second-order valence-corrected chi connectivity index (χ2v) is 5.08. The summed E-state index contributed by atoms with van der Waals surface area (Å²) in [5, 5.41) is 9.12. The number of anilines is 1. The number of nitrogens with one attached hydrogen (secondary N) is 1. The van der Waals surface area contributed by atoms with Crippen molar-refractivity contribution in [1.29, 1.82) is 0 Å². The highest BCUT2D eigenvalue weighted by Gasteiger charge is 2.46. The molecule has 0 bridgehead atoms. The van der Waals surface area contributed by atoms with Crippen molar-refractivity contribution in [2.75, 3.05) is 33.4 Å². The third kappa shape index (κ3) is 2.64. The van der Waals surface area contributed by atoms with E-state index < -0.39 is 6.23 Å². The predicted molar refractivity (Wildman–Crippen MR) is 78.1 cm³/mol. The number of imidazole rings is 1. The molecule has 0 unspecified atom stereocenters. The number of fused-ring (bicyclic) bond motifs is 1.